The Morgan fingerprint density at radius 2 is 2.17 bits per heavy atom. The molecule has 2 aromatic rings. The lowest BCUT2D eigenvalue weighted by Gasteiger charge is -2.23. The van der Waals surface area contributed by atoms with E-state index in [9.17, 15) is 0 Å². The van der Waals surface area contributed by atoms with E-state index in [1.807, 2.05) is 18.4 Å². The molecule has 1 aliphatic rings. The third-order valence-electron chi connectivity index (χ3n) is 3.36. The summed E-state index contributed by atoms with van der Waals surface area (Å²) in [6.07, 6.45) is 1.25. The highest BCUT2D eigenvalue weighted by molar-refractivity contribution is 7.10. The zero-order chi connectivity index (χ0) is 12.4. The van der Waals surface area contributed by atoms with E-state index in [2.05, 4.69) is 41.0 Å². The third kappa shape index (κ3) is 2.09. The lowest BCUT2D eigenvalue weighted by atomic mass is 9.98. The summed E-state index contributed by atoms with van der Waals surface area (Å²) in [7, 11) is 1.98. The molecular formula is C15H17NOS. The largest absolute Gasteiger partial charge is 0.371 e. The van der Waals surface area contributed by atoms with Crippen LogP contribution in [0.15, 0.2) is 35.7 Å². The molecule has 18 heavy (non-hydrogen) atoms. The molecule has 0 aliphatic carbocycles. The smallest absolute Gasteiger partial charge is 0.104 e. The number of fused-ring (bicyclic) bond motifs is 1. The Labute approximate surface area is 112 Å². The van der Waals surface area contributed by atoms with E-state index in [0.29, 0.717) is 0 Å². The molecule has 1 aromatic heterocycles. The predicted octanol–water partition coefficient (Wildman–Crippen LogP) is 3.25. The van der Waals surface area contributed by atoms with Crippen LogP contribution >= 0.6 is 11.3 Å². The normalized spacial score (nSPS) is 18.6. The third-order valence-corrected chi connectivity index (χ3v) is 4.48. The molecule has 1 N–H and O–H groups in total. The molecule has 0 saturated carbocycles. The van der Waals surface area contributed by atoms with Gasteiger partial charge in [-0.05, 0) is 35.5 Å². The van der Waals surface area contributed by atoms with Crippen LogP contribution < -0.4 is 5.32 Å². The van der Waals surface area contributed by atoms with Gasteiger partial charge in [0.15, 0.2) is 0 Å². The lowest BCUT2D eigenvalue weighted by molar-refractivity contribution is 0.0470. The molecular weight excluding hydrogens is 242 g/mol. The van der Waals surface area contributed by atoms with Crippen molar-refractivity contribution in [3.8, 4) is 11.1 Å². The van der Waals surface area contributed by atoms with E-state index in [-0.39, 0.29) is 6.10 Å². The van der Waals surface area contributed by atoms with Crippen LogP contribution in [0.5, 0.6) is 0 Å². The Morgan fingerprint density at radius 3 is 2.94 bits per heavy atom. The van der Waals surface area contributed by atoms with E-state index < -0.39 is 0 Å². The topological polar surface area (TPSA) is 21.3 Å². The molecule has 1 aliphatic heterocycles. The van der Waals surface area contributed by atoms with Crippen LogP contribution in [0.4, 0.5) is 0 Å². The van der Waals surface area contributed by atoms with Crippen molar-refractivity contribution in [2.75, 3.05) is 20.2 Å². The van der Waals surface area contributed by atoms with Gasteiger partial charge in [0.1, 0.15) is 6.10 Å². The van der Waals surface area contributed by atoms with Gasteiger partial charge in [0.25, 0.3) is 0 Å². The molecule has 0 spiro atoms. The number of thiophene rings is 1. The Morgan fingerprint density at radius 1 is 1.33 bits per heavy atom. The van der Waals surface area contributed by atoms with Gasteiger partial charge in [-0.2, -0.15) is 0 Å². The minimum Gasteiger partial charge on any atom is -0.371 e. The van der Waals surface area contributed by atoms with Crippen LogP contribution in [0.2, 0.25) is 0 Å². The van der Waals surface area contributed by atoms with E-state index >= 15 is 0 Å². The SMILES string of the molecule is CNCC1OCCc2c(-c3ccccc3)csc21. The summed E-state index contributed by atoms with van der Waals surface area (Å²) in [5.74, 6) is 0. The van der Waals surface area contributed by atoms with Gasteiger partial charge in [-0.25, -0.2) is 0 Å². The first-order valence-electron chi connectivity index (χ1n) is 6.32. The maximum absolute atomic E-state index is 5.84. The highest BCUT2D eigenvalue weighted by atomic mass is 32.1. The summed E-state index contributed by atoms with van der Waals surface area (Å²) in [6, 6.07) is 10.6. The number of likely N-dealkylation sites (N-methyl/N-ethyl adjacent to an activating group) is 1. The summed E-state index contributed by atoms with van der Waals surface area (Å²) < 4.78 is 5.84. The maximum atomic E-state index is 5.84. The van der Waals surface area contributed by atoms with Gasteiger partial charge in [0, 0.05) is 11.4 Å². The molecule has 3 heteroatoms. The molecule has 94 valence electrons. The number of ether oxygens (including phenoxy) is 1. The van der Waals surface area contributed by atoms with Crippen molar-refractivity contribution in [1.29, 1.82) is 0 Å². The highest BCUT2D eigenvalue weighted by Crippen LogP contribution is 2.39. The fraction of sp³-hybridized carbons (Fsp3) is 0.333. The Bertz CT molecular complexity index is 521. The monoisotopic (exact) mass is 259 g/mol. The number of hydrogen-bond acceptors (Lipinski definition) is 3. The van der Waals surface area contributed by atoms with Crippen LogP contribution in [0.1, 0.15) is 16.5 Å². The molecule has 2 heterocycles. The summed E-state index contributed by atoms with van der Waals surface area (Å²) >= 11 is 1.83. The van der Waals surface area contributed by atoms with Gasteiger partial charge in [-0.15, -0.1) is 11.3 Å². The molecule has 1 unspecified atom stereocenters. The Hall–Kier alpha value is -1.16. The standard InChI is InChI=1S/C15H17NOS/c1-16-9-14-15-12(7-8-17-14)13(10-18-15)11-5-3-2-4-6-11/h2-6,10,14,16H,7-9H2,1H3. The second kappa shape index (κ2) is 5.22. The number of nitrogens with one attached hydrogen (secondary N) is 1. The molecule has 0 radical (unpaired) electrons. The average Bonchev–Trinajstić information content (AvgIpc) is 2.85. The van der Waals surface area contributed by atoms with Crippen molar-refractivity contribution < 1.29 is 4.74 Å². The van der Waals surface area contributed by atoms with Gasteiger partial charge in [-0.3, -0.25) is 0 Å². The van der Waals surface area contributed by atoms with Gasteiger partial charge in [0.2, 0.25) is 0 Å². The summed E-state index contributed by atoms with van der Waals surface area (Å²) in [6.45, 7) is 1.72. The first-order chi connectivity index (χ1) is 8.90. The first-order valence-corrected chi connectivity index (χ1v) is 7.20. The first kappa shape index (κ1) is 11.9. The Balaban J connectivity index is 2.00. The second-order valence-corrected chi connectivity index (χ2v) is 5.44. The molecule has 1 atom stereocenters. The zero-order valence-corrected chi connectivity index (χ0v) is 11.3. The summed E-state index contributed by atoms with van der Waals surface area (Å²) in [4.78, 5) is 1.40. The summed E-state index contributed by atoms with van der Waals surface area (Å²) in [5, 5.41) is 5.48. The molecule has 2 nitrogen and oxygen atoms in total. The van der Waals surface area contributed by atoms with Crippen LogP contribution in [0.25, 0.3) is 11.1 Å². The average molecular weight is 259 g/mol. The van der Waals surface area contributed by atoms with Gasteiger partial charge in [0.05, 0.1) is 6.61 Å². The van der Waals surface area contributed by atoms with E-state index in [4.69, 9.17) is 4.74 Å². The van der Waals surface area contributed by atoms with E-state index in [1.54, 1.807) is 0 Å². The highest BCUT2D eigenvalue weighted by Gasteiger charge is 2.24. The summed E-state index contributed by atoms with van der Waals surface area (Å²) in [5.41, 5.74) is 4.19. The van der Waals surface area contributed by atoms with Crippen LogP contribution in [-0.4, -0.2) is 20.2 Å². The van der Waals surface area contributed by atoms with Crippen molar-refractivity contribution in [2.24, 2.45) is 0 Å². The van der Waals surface area contributed by atoms with Crippen LogP contribution in [-0.2, 0) is 11.2 Å². The minimum atomic E-state index is 0.223. The van der Waals surface area contributed by atoms with Crippen LogP contribution in [0.3, 0.4) is 0 Å². The lowest BCUT2D eigenvalue weighted by Crippen LogP contribution is -2.24. The second-order valence-electron chi connectivity index (χ2n) is 4.53. The molecule has 0 bridgehead atoms. The van der Waals surface area contributed by atoms with Crippen molar-refractivity contribution in [1.82, 2.24) is 5.32 Å². The predicted molar refractivity (Wildman–Crippen MR) is 76.1 cm³/mol. The van der Waals surface area contributed by atoms with Gasteiger partial charge in [-0.1, -0.05) is 30.3 Å². The van der Waals surface area contributed by atoms with E-state index in [1.165, 1.54) is 21.6 Å². The van der Waals surface area contributed by atoms with Crippen molar-refractivity contribution >= 4 is 11.3 Å². The van der Waals surface area contributed by atoms with Crippen molar-refractivity contribution in [2.45, 2.75) is 12.5 Å². The fourth-order valence-corrected chi connectivity index (χ4v) is 3.68. The number of hydrogen-bond donors (Lipinski definition) is 1. The Kier molecular flexibility index (Phi) is 3.46. The van der Waals surface area contributed by atoms with Gasteiger partial charge < -0.3 is 10.1 Å². The molecule has 0 saturated heterocycles. The number of rotatable bonds is 3. The van der Waals surface area contributed by atoms with Crippen LogP contribution in [0, 0.1) is 0 Å². The quantitative estimate of drug-likeness (QED) is 0.913. The minimum absolute atomic E-state index is 0.223. The van der Waals surface area contributed by atoms with Gasteiger partial charge >= 0.3 is 0 Å². The molecule has 3 rings (SSSR count). The molecule has 1 aromatic carbocycles. The van der Waals surface area contributed by atoms with Crippen molar-refractivity contribution in [3.05, 3.63) is 46.2 Å². The zero-order valence-electron chi connectivity index (χ0n) is 10.5. The fourth-order valence-electron chi connectivity index (χ4n) is 2.50. The maximum Gasteiger partial charge on any atom is 0.104 e. The van der Waals surface area contributed by atoms with E-state index in [0.717, 1.165) is 19.6 Å². The van der Waals surface area contributed by atoms with Crippen molar-refractivity contribution in [3.63, 3.8) is 0 Å². The molecule has 0 fully saturated rings. The number of benzene rings is 1. The molecule has 0 amide bonds.